The molecule has 0 fully saturated rings. The van der Waals surface area contributed by atoms with Crippen molar-refractivity contribution in [3.8, 4) is 0 Å². The van der Waals surface area contributed by atoms with Crippen LogP contribution in [0, 0.1) is 0 Å². The fourth-order valence-electron chi connectivity index (χ4n) is 1.57. The lowest BCUT2D eigenvalue weighted by Crippen LogP contribution is -2.28. The van der Waals surface area contributed by atoms with E-state index in [0.29, 0.717) is 0 Å². The molecule has 0 radical (unpaired) electrons. The second-order valence-corrected chi connectivity index (χ2v) is 6.28. The topological polar surface area (TPSA) is 74.3 Å². The van der Waals surface area contributed by atoms with Gasteiger partial charge in [-0.3, -0.25) is 9.71 Å². The van der Waals surface area contributed by atoms with Crippen LogP contribution in [0.15, 0.2) is 52.3 Å². The van der Waals surface area contributed by atoms with Gasteiger partial charge in [0.05, 0.1) is 4.90 Å². The van der Waals surface area contributed by atoms with Gasteiger partial charge in [-0.2, -0.15) is 0 Å². The van der Waals surface area contributed by atoms with Crippen LogP contribution in [0.2, 0.25) is 0 Å². The van der Waals surface area contributed by atoms with Crippen LogP contribution >= 0.6 is 11.8 Å². The highest BCUT2D eigenvalue weighted by molar-refractivity contribution is 8.17. The Hall–Kier alpha value is -1.73. The molecule has 5 nitrogen and oxygen atoms in total. The number of hydrogen-bond acceptors (Lipinski definition) is 4. The van der Waals surface area contributed by atoms with Crippen LogP contribution in [-0.2, 0) is 10.0 Å². The Bertz CT molecular complexity index is 732. The number of aliphatic imine (C=N–C) groups is 1. The fraction of sp³-hybridized carbons (Fsp3) is 0.0833. The molecule has 100 valence electrons. The van der Waals surface area contributed by atoms with Crippen molar-refractivity contribution in [2.24, 2.45) is 4.99 Å². The molecule has 0 aliphatic rings. The molecular formula is C12H13N3O2S2. The van der Waals surface area contributed by atoms with E-state index in [1.807, 2.05) is 6.07 Å². The van der Waals surface area contributed by atoms with Crippen LogP contribution in [0.3, 0.4) is 0 Å². The zero-order valence-corrected chi connectivity index (χ0v) is 11.9. The highest BCUT2D eigenvalue weighted by Crippen LogP contribution is 2.18. The Morgan fingerprint density at radius 1 is 1.47 bits per heavy atom. The summed E-state index contributed by atoms with van der Waals surface area (Å²) in [4.78, 5) is 7.07. The molecule has 0 bridgehead atoms. The van der Waals surface area contributed by atoms with Gasteiger partial charge in [0.15, 0.2) is 5.17 Å². The Labute approximate surface area is 115 Å². The van der Waals surface area contributed by atoms with Gasteiger partial charge in [-0.15, -0.1) is 0 Å². The average molecular weight is 295 g/mol. The number of aromatic nitrogens is 1. The van der Waals surface area contributed by atoms with Crippen LogP contribution < -0.4 is 4.72 Å². The number of nitrogens with zero attached hydrogens (tertiary/aromatic N) is 1. The Morgan fingerprint density at radius 2 is 2.26 bits per heavy atom. The minimum atomic E-state index is -3.63. The van der Waals surface area contributed by atoms with Gasteiger partial charge in [0.25, 0.3) is 10.0 Å². The average Bonchev–Trinajstić information content (AvgIpc) is 2.85. The highest BCUT2D eigenvalue weighted by atomic mass is 32.2. The predicted molar refractivity (Wildman–Crippen MR) is 79.8 cm³/mol. The van der Waals surface area contributed by atoms with E-state index in [-0.39, 0.29) is 10.1 Å². The summed E-state index contributed by atoms with van der Waals surface area (Å²) in [5.41, 5.74) is 0.892. The van der Waals surface area contributed by atoms with Crippen LogP contribution in [0.4, 0.5) is 0 Å². The zero-order valence-electron chi connectivity index (χ0n) is 10.3. The Kier molecular flexibility index (Phi) is 3.96. The molecule has 2 aromatic rings. The summed E-state index contributed by atoms with van der Waals surface area (Å²) in [6.07, 6.45) is 1.76. The number of nitrogens with one attached hydrogen (secondary N) is 2. The summed E-state index contributed by atoms with van der Waals surface area (Å²) in [7, 11) is -2.11. The fourth-order valence-corrected chi connectivity index (χ4v) is 3.33. The Balaban J connectivity index is 2.35. The molecule has 2 N–H and O–H groups in total. The molecule has 1 aromatic heterocycles. The molecule has 2 rings (SSSR count). The van der Waals surface area contributed by atoms with Crippen molar-refractivity contribution < 1.29 is 8.42 Å². The summed E-state index contributed by atoms with van der Waals surface area (Å²) in [6, 6.07) is 6.71. The van der Waals surface area contributed by atoms with E-state index >= 15 is 0 Å². The van der Waals surface area contributed by atoms with Gasteiger partial charge in [0.2, 0.25) is 0 Å². The lowest BCUT2D eigenvalue weighted by Gasteiger charge is -2.08. The molecule has 0 saturated carbocycles. The monoisotopic (exact) mass is 295 g/mol. The van der Waals surface area contributed by atoms with E-state index in [1.54, 1.807) is 24.4 Å². The summed E-state index contributed by atoms with van der Waals surface area (Å²) in [5.74, 6) is 0. The lowest BCUT2D eigenvalue weighted by molar-refractivity contribution is 0.593. The first-order valence-electron chi connectivity index (χ1n) is 5.41. The van der Waals surface area contributed by atoms with Crippen molar-refractivity contribution >= 4 is 37.9 Å². The van der Waals surface area contributed by atoms with Crippen LogP contribution in [0.1, 0.15) is 0 Å². The van der Waals surface area contributed by atoms with Gasteiger partial charge in [-0.05, 0) is 29.7 Å². The number of hydrogen-bond donors (Lipinski definition) is 2. The maximum absolute atomic E-state index is 12.2. The SMILES string of the molecule is C=CSC(=NC)NS(=O)(=O)c1ccc2[nH]ccc2c1. The largest absolute Gasteiger partial charge is 0.361 e. The lowest BCUT2D eigenvalue weighted by atomic mass is 10.2. The summed E-state index contributed by atoms with van der Waals surface area (Å²) < 4.78 is 26.8. The van der Waals surface area contributed by atoms with Crippen molar-refractivity contribution in [1.29, 1.82) is 0 Å². The van der Waals surface area contributed by atoms with Crippen LogP contribution in [-0.4, -0.2) is 25.6 Å². The van der Waals surface area contributed by atoms with Gasteiger partial charge < -0.3 is 4.98 Å². The number of amidine groups is 1. The van der Waals surface area contributed by atoms with E-state index in [2.05, 4.69) is 21.3 Å². The second-order valence-electron chi connectivity index (χ2n) is 3.65. The van der Waals surface area contributed by atoms with Crippen LogP contribution in [0.5, 0.6) is 0 Å². The summed E-state index contributed by atoms with van der Waals surface area (Å²) in [5, 5.41) is 2.64. The van der Waals surface area contributed by atoms with Crippen molar-refractivity contribution in [3.05, 3.63) is 42.4 Å². The first kappa shape index (κ1) is 13.7. The van der Waals surface area contributed by atoms with Crippen LogP contribution in [0.25, 0.3) is 10.9 Å². The quantitative estimate of drug-likeness (QED) is 0.674. The minimum Gasteiger partial charge on any atom is -0.361 e. The second kappa shape index (κ2) is 5.50. The normalized spacial score (nSPS) is 12.6. The van der Waals surface area contributed by atoms with Gasteiger partial charge >= 0.3 is 0 Å². The molecule has 0 saturated heterocycles. The highest BCUT2D eigenvalue weighted by Gasteiger charge is 2.16. The molecule has 1 aromatic carbocycles. The molecule has 0 spiro atoms. The van der Waals surface area contributed by atoms with Gasteiger partial charge in [0.1, 0.15) is 0 Å². The maximum Gasteiger partial charge on any atom is 0.263 e. The van der Waals surface area contributed by atoms with Gasteiger partial charge in [0, 0.05) is 24.1 Å². The molecule has 0 unspecified atom stereocenters. The maximum atomic E-state index is 12.2. The van der Waals surface area contributed by atoms with E-state index in [4.69, 9.17) is 0 Å². The van der Waals surface area contributed by atoms with E-state index in [9.17, 15) is 8.42 Å². The standard InChI is InChI=1S/C12H13N3O2S2/c1-3-18-12(13-2)15-19(16,17)10-4-5-11-9(8-10)6-7-14-11/h3-8,14H,1H2,2H3,(H,13,15). The molecule has 0 amide bonds. The number of benzene rings is 1. The smallest absolute Gasteiger partial charge is 0.263 e. The van der Waals surface area contributed by atoms with E-state index < -0.39 is 10.0 Å². The number of H-pyrrole nitrogens is 1. The first-order valence-corrected chi connectivity index (χ1v) is 7.77. The van der Waals surface area contributed by atoms with Gasteiger partial charge in [-0.25, -0.2) is 8.42 Å². The number of aromatic amines is 1. The van der Waals surface area contributed by atoms with E-state index in [1.165, 1.54) is 12.5 Å². The third kappa shape index (κ3) is 2.99. The van der Waals surface area contributed by atoms with Crippen molar-refractivity contribution in [2.75, 3.05) is 7.05 Å². The van der Waals surface area contributed by atoms with Crippen molar-refractivity contribution in [2.45, 2.75) is 4.90 Å². The number of fused-ring (bicyclic) bond motifs is 1. The summed E-state index contributed by atoms with van der Waals surface area (Å²) in [6.45, 7) is 3.53. The number of sulfonamides is 1. The number of thioether (sulfide) groups is 1. The minimum absolute atomic E-state index is 0.199. The molecule has 0 atom stereocenters. The number of rotatable bonds is 3. The third-order valence-electron chi connectivity index (χ3n) is 2.45. The molecule has 7 heteroatoms. The first-order chi connectivity index (χ1) is 9.06. The molecule has 19 heavy (non-hydrogen) atoms. The Morgan fingerprint density at radius 3 is 2.95 bits per heavy atom. The zero-order chi connectivity index (χ0) is 13.9. The van der Waals surface area contributed by atoms with Crippen molar-refractivity contribution in [3.63, 3.8) is 0 Å². The predicted octanol–water partition coefficient (Wildman–Crippen LogP) is 2.31. The van der Waals surface area contributed by atoms with E-state index in [0.717, 1.165) is 22.7 Å². The molecular weight excluding hydrogens is 282 g/mol. The van der Waals surface area contributed by atoms with Gasteiger partial charge in [-0.1, -0.05) is 18.3 Å². The summed E-state index contributed by atoms with van der Waals surface area (Å²) >= 11 is 1.12. The third-order valence-corrected chi connectivity index (χ3v) is 4.60. The molecule has 1 heterocycles. The molecule has 0 aliphatic heterocycles. The van der Waals surface area contributed by atoms with Crippen molar-refractivity contribution in [1.82, 2.24) is 9.71 Å². The molecule has 0 aliphatic carbocycles.